The highest BCUT2D eigenvalue weighted by molar-refractivity contribution is 5.18. The van der Waals surface area contributed by atoms with Gasteiger partial charge >= 0.3 is 0 Å². The second-order valence-corrected chi connectivity index (χ2v) is 5.73. The minimum atomic E-state index is 0.537. The van der Waals surface area contributed by atoms with Crippen molar-refractivity contribution in [1.82, 2.24) is 20.2 Å². The Balaban J connectivity index is 1.80. The molecule has 4 nitrogen and oxygen atoms in total. The van der Waals surface area contributed by atoms with Gasteiger partial charge in [-0.1, -0.05) is 0 Å². The maximum Gasteiger partial charge on any atom is 0.134 e. The smallest absolute Gasteiger partial charge is 0.134 e. The van der Waals surface area contributed by atoms with Crippen LogP contribution in [0.25, 0.3) is 0 Å². The summed E-state index contributed by atoms with van der Waals surface area (Å²) < 4.78 is 0. The van der Waals surface area contributed by atoms with Gasteiger partial charge in [0.1, 0.15) is 5.82 Å². The largest absolute Gasteiger partial charge is 0.315 e. The second kappa shape index (κ2) is 4.94. The lowest BCUT2D eigenvalue weighted by Gasteiger charge is -2.30. The molecule has 0 bridgehead atoms. The minimum absolute atomic E-state index is 0.537. The molecule has 1 aromatic heterocycles. The molecule has 0 amide bonds. The number of piperidine rings is 1. The third-order valence-electron chi connectivity index (χ3n) is 4.17. The molecule has 3 heterocycles. The molecule has 0 aliphatic carbocycles. The van der Waals surface area contributed by atoms with Gasteiger partial charge in [0.05, 0.1) is 0 Å². The number of rotatable bonds is 2. The van der Waals surface area contributed by atoms with Gasteiger partial charge in [-0.05, 0) is 46.0 Å². The van der Waals surface area contributed by atoms with E-state index in [9.17, 15) is 0 Å². The summed E-state index contributed by atoms with van der Waals surface area (Å²) in [4.78, 5) is 11.8. The predicted molar refractivity (Wildman–Crippen MR) is 71.9 cm³/mol. The van der Waals surface area contributed by atoms with Crippen LogP contribution in [0.3, 0.4) is 0 Å². The molecule has 98 valence electrons. The highest BCUT2D eigenvalue weighted by Crippen LogP contribution is 2.27. The molecule has 0 saturated carbocycles. The molecule has 0 unspecified atom stereocenters. The first-order valence-corrected chi connectivity index (χ1v) is 6.97. The zero-order chi connectivity index (χ0) is 12.5. The van der Waals surface area contributed by atoms with E-state index in [0.717, 1.165) is 24.6 Å². The summed E-state index contributed by atoms with van der Waals surface area (Å²) in [5.74, 6) is 2.23. The molecule has 2 aliphatic rings. The summed E-state index contributed by atoms with van der Waals surface area (Å²) in [7, 11) is 2.20. The third kappa shape index (κ3) is 2.40. The summed E-state index contributed by atoms with van der Waals surface area (Å²) >= 11 is 0. The van der Waals surface area contributed by atoms with Crippen molar-refractivity contribution in [3.05, 3.63) is 23.3 Å². The average Bonchev–Trinajstić information content (AvgIpc) is 2.26. The molecule has 2 saturated heterocycles. The van der Waals surface area contributed by atoms with Crippen molar-refractivity contribution in [3.8, 4) is 0 Å². The Labute approximate surface area is 109 Å². The highest BCUT2D eigenvalue weighted by atomic mass is 15.1. The Morgan fingerprint density at radius 3 is 2.50 bits per heavy atom. The van der Waals surface area contributed by atoms with Crippen molar-refractivity contribution < 1.29 is 0 Å². The number of aromatic nitrogens is 2. The van der Waals surface area contributed by atoms with Crippen molar-refractivity contribution in [2.75, 3.05) is 33.2 Å². The van der Waals surface area contributed by atoms with Crippen molar-refractivity contribution in [3.63, 3.8) is 0 Å². The van der Waals surface area contributed by atoms with Crippen LogP contribution >= 0.6 is 0 Å². The van der Waals surface area contributed by atoms with Crippen molar-refractivity contribution >= 4 is 0 Å². The zero-order valence-electron chi connectivity index (χ0n) is 11.3. The monoisotopic (exact) mass is 246 g/mol. The number of hydrogen-bond acceptors (Lipinski definition) is 4. The minimum Gasteiger partial charge on any atom is -0.315 e. The molecule has 4 heteroatoms. The summed E-state index contributed by atoms with van der Waals surface area (Å²) in [6.45, 7) is 6.55. The maximum absolute atomic E-state index is 4.83. The van der Waals surface area contributed by atoms with E-state index in [1.807, 2.05) is 0 Å². The van der Waals surface area contributed by atoms with Gasteiger partial charge in [-0.3, -0.25) is 0 Å². The molecule has 18 heavy (non-hydrogen) atoms. The fourth-order valence-electron chi connectivity index (χ4n) is 2.78. The van der Waals surface area contributed by atoms with E-state index < -0.39 is 0 Å². The second-order valence-electron chi connectivity index (χ2n) is 5.73. The van der Waals surface area contributed by atoms with Crippen LogP contribution in [-0.4, -0.2) is 48.1 Å². The van der Waals surface area contributed by atoms with Gasteiger partial charge in [0.2, 0.25) is 0 Å². The topological polar surface area (TPSA) is 41.1 Å². The SMILES string of the molecule is Cc1cc(C2CCN(C)CC2)nc(C2CNC2)n1. The Morgan fingerprint density at radius 1 is 1.17 bits per heavy atom. The lowest BCUT2D eigenvalue weighted by Crippen LogP contribution is -2.41. The lowest BCUT2D eigenvalue weighted by molar-refractivity contribution is 0.253. The Kier molecular flexibility index (Phi) is 3.31. The first-order valence-electron chi connectivity index (χ1n) is 6.97. The number of nitrogens with one attached hydrogen (secondary N) is 1. The van der Waals surface area contributed by atoms with Crippen LogP contribution in [0.2, 0.25) is 0 Å². The number of aryl methyl sites for hydroxylation is 1. The fraction of sp³-hybridized carbons (Fsp3) is 0.714. The van der Waals surface area contributed by atoms with E-state index in [1.165, 1.54) is 31.6 Å². The fourth-order valence-corrected chi connectivity index (χ4v) is 2.78. The molecule has 3 rings (SSSR count). The van der Waals surface area contributed by atoms with Crippen LogP contribution in [0, 0.1) is 6.92 Å². The van der Waals surface area contributed by atoms with Crippen molar-refractivity contribution in [1.29, 1.82) is 0 Å². The van der Waals surface area contributed by atoms with Gasteiger partial charge in [0.25, 0.3) is 0 Å². The molecule has 0 spiro atoms. The van der Waals surface area contributed by atoms with Gasteiger partial charge in [-0.2, -0.15) is 0 Å². The van der Waals surface area contributed by atoms with E-state index in [2.05, 4.69) is 35.2 Å². The molecule has 1 N–H and O–H groups in total. The molecular formula is C14H22N4. The highest BCUT2D eigenvalue weighted by Gasteiger charge is 2.25. The molecular weight excluding hydrogens is 224 g/mol. The molecule has 2 fully saturated rings. The van der Waals surface area contributed by atoms with Crippen LogP contribution in [0.15, 0.2) is 6.07 Å². The standard InChI is InChI=1S/C14H22N4/c1-10-7-13(11-3-5-18(2)6-4-11)17-14(16-10)12-8-15-9-12/h7,11-12,15H,3-6,8-9H2,1-2H3. The van der Waals surface area contributed by atoms with Crippen LogP contribution in [0.1, 0.15) is 41.9 Å². The Bertz CT molecular complexity index is 420. The molecule has 2 aliphatic heterocycles. The van der Waals surface area contributed by atoms with Crippen LogP contribution in [0.5, 0.6) is 0 Å². The molecule has 1 aromatic rings. The normalized spacial score (nSPS) is 23.0. The Morgan fingerprint density at radius 2 is 1.89 bits per heavy atom. The maximum atomic E-state index is 4.83. The number of nitrogens with zero attached hydrogens (tertiary/aromatic N) is 3. The van der Waals surface area contributed by atoms with E-state index in [-0.39, 0.29) is 0 Å². The molecule has 0 atom stereocenters. The molecule has 0 radical (unpaired) electrons. The van der Waals surface area contributed by atoms with E-state index >= 15 is 0 Å². The van der Waals surface area contributed by atoms with Crippen LogP contribution in [0.4, 0.5) is 0 Å². The van der Waals surface area contributed by atoms with Gasteiger partial charge in [0.15, 0.2) is 0 Å². The van der Waals surface area contributed by atoms with Crippen LogP contribution in [-0.2, 0) is 0 Å². The zero-order valence-corrected chi connectivity index (χ0v) is 11.3. The number of hydrogen-bond donors (Lipinski definition) is 1. The average molecular weight is 246 g/mol. The lowest BCUT2D eigenvalue weighted by atomic mass is 9.92. The Hall–Kier alpha value is -1.00. The predicted octanol–water partition coefficient (Wildman–Crippen LogP) is 1.28. The third-order valence-corrected chi connectivity index (χ3v) is 4.17. The molecule has 0 aromatic carbocycles. The quantitative estimate of drug-likeness (QED) is 0.853. The number of likely N-dealkylation sites (tertiary alicyclic amines) is 1. The van der Waals surface area contributed by atoms with Gasteiger partial charge in [0, 0.05) is 36.3 Å². The van der Waals surface area contributed by atoms with Gasteiger partial charge in [-0.15, -0.1) is 0 Å². The first kappa shape index (κ1) is 12.1. The summed E-state index contributed by atoms with van der Waals surface area (Å²) in [5.41, 5.74) is 2.40. The van der Waals surface area contributed by atoms with E-state index in [4.69, 9.17) is 4.98 Å². The summed E-state index contributed by atoms with van der Waals surface area (Å²) in [5, 5.41) is 3.30. The van der Waals surface area contributed by atoms with Crippen LogP contribution < -0.4 is 5.32 Å². The summed E-state index contributed by atoms with van der Waals surface area (Å²) in [6.07, 6.45) is 2.46. The van der Waals surface area contributed by atoms with Gasteiger partial charge < -0.3 is 10.2 Å². The van der Waals surface area contributed by atoms with E-state index in [1.54, 1.807) is 0 Å². The van der Waals surface area contributed by atoms with E-state index in [0.29, 0.717) is 11.8 Å². The summed E-state index contributed by atoms with van der Waals surface area (Å²) in [6, 6.07) is 2.19. The van der Waals surface area contributed by atoms with Crippen molar-refractivity contribution in [2.45, 2.75) is 31.6 Å². The van der Waals surface area contributed by atoms with Gasteiger partial charge in [-0.25, -0.2) is 9.97 Å². The first-order chi connectivity index (χ1) is 8.72. The van der Waals surface area contributed by atoms with Crippen molar-refractivity contribution in [2.24, 2.45) is 0 Å².